The Bertz CT molecular complexity index is 627. The minimum Gasteiger partial charge on any atom is -0.481 e. The highest BCUT2D eigenvalue weighted by atomic mass is 32.1. The minimum absolute atomic E-state index is 0.121. The van der Waals surface area contributed by atoms with Gasteiger partial charge in [-0.1, -0.05) is 0 Å². The Morgan fingerprint density at radius 1 is 1.45 bits per heavy atom. The van der Waals surface area contributed by atoms with Crippen molar-refractivity contribution in [2.24, 2.45) is 11.3 Å². The monoisotopic (exact) mass is 322 g/mol. The van der Waals surface area contributed by atoms with Gasteiger partial charge >= 0.3 is 5.97 Å². The number of amides is 1. The number of carbonyl (C=O) groups is 2. The maximum atomic E-state index is 12.6. The zero-order chi connectivity index (χ0) is 15.3. The summed E-state index contributed by atoms with van der Waals surface area (Å²) < 4.78 is 5.42. The van der Waals surface area contributed by atoms with E-state index in [1.165, 1.54) is 11.3 Å². The van der Waals surface area contributed by atoms with E-state index in [9.17, 15) is 14.7 Å². The lowest BCUT2D eigenvalue weighted by Crippen LogP contribution is -2.45. The summed E-state index contributed by atoms with van der Waals surface area (Å²) in [5.41, 5.74) is -0.379. The molecule has 1 aliphatic carbocycles. The van der Waals surface area contributed by atoms with Crippen molar-refractivity contribution in [3.8, 4) is 0 Å². The van der Waals surface area contributed by atoms with Crippen LogP contribution in [0.25, 0.3) is 0 Å². The molecule has 1 amide bonds. The number of carbonyl (C=O) groups excluding carboxylic acids is 1. The zero-order valence-electron chi connectivity index (χ0n) is 12.2. The topological polar surface area (TPSA) is 79.7 Å². The molecule has 2 atom stereocenters. The minimum atomic E-state index is -0.844. The fraction of sp³-hybridized carbons (Fsp3) is 0.667. The van der Waals surface area contributed by atoms with Gasteiger partial charge in [-0.05, 0) is 19.3 Å². The standard InChI is InChI=1S/C15H18N2O4S/c18-13(11-7-22-12(16-11)9-1-2-9)17-5-10-6-21-4-3-15(10,8-17)14(19)20/h7,9-10H,1-6,8H2,(H,19,20)/t10-,15+/m0/s1. The predicted octanol–water partition coefficient (Wildman–Crippen LogP) is 1.58. The van der Waals surface area contributed by atoms with Crippen LogP contribution in [0.2, 0.25) is 0 Å². The van der Waals surface area contributed by atoms with Gasteiger partial charge in [0.1, 0.15) is 5.69 Å². The van der Waals surface area contributed by atoms with E-state index in [0.717, 1.165) is 17.8 Å². The lowest BCUT2D eigenvalue weighted by molar-refractivity contribution is -0.157. The van der Waals surface area contributed by atoms with Crippen molar-refractivity contribution in [1.29, 1.82) is 0 Å². The lowest BCUT2D eigenvalue weighted by atomic mass is 9.74. The van der Waals surface area contributed by atoms with Crippen LogP contribution in [0.3, 0.4) is 0 Å². The van der Waals surface area contributed by atoms with Crippen LogP contribution in [0.1, 0.15) is 40.7 Å². The first-order chi connectivity index (χ1) is 10.6. The molecule has 0 aromatic carbocycles. The Hall–Kier alpha value is -1.47. The Morgan fingerprint density at radius 3 is 2.95 bits per heavy atom. The molecule has 3 aliphatic rings. The number of nitrogens with zero attached hydrogens (tertiary/aromatic N) is 2. The summed E-state index contributed by atoms with van der Waals surface area (Å²) >= 11 is 1.54. The van der Waals surface area contributed by atoms with Gasteiger partial charge in [-0.15, -0.1) is 11.3 Å². The van der Waals surface area contributed by atoms with Crippen molar-refractivity contribution in [3.05, 3.63) is 16.1 Å². The largest absolute Gasteiger partial charge is 0.481 e. The number of fused-ring (bicyclic) bond motifs is 1. The molecule has 3 fully saturated rings. The molecule has 0 bridgehead atoms. The van der Waals surface area contributed by atoms with E-state index in [0.29, 0.717) is 37.8 Å². The molecule has 1 aromatic rings. The Kier molecular flexibility index (Phi) is 3.23. The van der Waals surface area contributed by atoms with E-state index >= 15 is 0 Å². The number of likely N-dealkylation sites (tertiary alicyclic amines) is 1. The summed E-state index contributed by atoms with van der Waals surface area (Å²) in [7, 11) is 0. The van der Waals surface area contributed by atoms with Crippen LogP contribution < -0.4 is 0 Å². The molecule has 1 saturated carbocycles. The summed E-state index contributed by atoms with van der Waals surface area (Å²) in [5.74, 6) is -0.540. The van der Waals surface area contributed by atoms with Gasteiger partial charge in [0.2, 0.25) is 0 Å². The third kappa shape index (κ3) is 2.14. The fourth-order valence-corrected chi connectivity index (χ4v) is 4.48. The quantitative estimate of drug-likeness (QED) is 0.914. The molecule has 2 aliphatic heterocycles. The second-order valence-electron chi connectivity index (χ2n) is 6.51. The zero-order valence-corrected chi connectivity index (χ0v) is 13.0. The van der Waals surface area contributed by atoms with Crippen molar-refractivity contribution < 1.29 is 19.4 Å². The van der Waals surface area contributed by atoms with Gasteiger partial charge in [0.15, 0.2) is 0 Å². The summed E-state index contributed by atoms with van der Waals surface area (Å²) in [5, 5.41) is 12.5. The number of carboxylic acid groups (broad SMARTS) is 1. The molecule has 0 spiro atoms. The van der Waals surface area contributed by atoms with Crippen LogP contribution >= 0.6 is 11.3 Å². The second kappa shape index (κ2) is 5.03. The molecule has 4 rings (SSSR count). The molecule has 2 saturated heterocycles. The maximum absolute atomic E-state index is 12.6. The highest BCUT2D eigenvalue weighted by Crippen LogP contribution is 2.44. The third-order valence-electron chi connectivity index (χ3n) is 5.09. The second-order valence-corrected chi connectivity index (χ2v) is 7.40. The summed E-state index contributed by atoms with van der Waals surface area (Å²) in [6.45, 7) is 1.58. The number of aromatic nitrogens is 1. The van der Waals surface area contributed by atoms with Crippen molar-refractivity contribution in [3.63, 3.8) is 0 Å². The van der Waals surface area contributed by atoms with Crippen molar-refractivity contribution in [2.75, 3.05) is 26.3 Å². The average molecular weight is 322 g/mol. The number of hydrogen-bond donors (Lipinski definition) is 1. The Morgan fingerprint density at radius 2 is 2.27 bits per heavy atom. The first-order valence-corrected chi connectivity index (χ1v) is 8.54. The number of rotatable bonds is 3. The number of carboxylic acids is 1. The highest BCUT2D eigenvalue weighted by molar-refractivity contribution is 7.10. The normalized spacial score (nSPS) is 31.1. The van der Waals surface area contributed by atoms with Gasteiger partial charge in [0.25, 0.3) is 5.91 Å². The van der Waals surface area contributed by atoms with Gasteiger partial charge in [-0.3, -0.25) is 9.59 Å². The third-order valence-corrected chi connectivity index (χ3v) is 6.09. The average Bonchev–Trinajstić information content (AvgIpc) is 3.11. The number of thiazole rings is 1. The molecule has 3 heterocycles. The van der Waals surface area contributed by atoms with E-state index < -0.39 is 11.4 Å². The van der Waals surface area contributed by atoms with E-state index in [2.05, 4.69) is 4.98 Å². The first kappa shape index (κ1) is 14.1. The SMILES string of the molecule is O=C(c1csc(C2CC2)n1)N1C[C@H]2COCC[C@@]2(C(=O)O)C1. The number of hydrogen-bond acceptors (Lipinski definition) is 5. The summed E-state index contributed by atoms with van der Waals surface area (Å²) in [6.07, 6.45) is 2.79. The molecule has 1 aromatic heterocycles. The maximum Gasteiger partial charge on any atom is 0.311 e. The van der Waals surface area contributed by atoms with E-state index in [-0.39, 0.29) is 18.4 Å². The molecule has 0 radical (unpaired) electrons. The van der Waals surface area contributed by atoms with Crippen molar-refractivity contribution in [1.82, 2.24) is 9.88 Å². The van der Waals surface area contributed by atoms with Gasteiger partial charge in [-0.2, -0.15) is 0 Å². The van der Waals surface area contributed by atoms with Crippen LogP contribution in [-0.4, -0.2) is 53.2 Å². The van der Waals surface area contributed by atoms with Crippen LogP contribution in [-0.2, 0) is 9.53 Å². The van der Waals surface area contributed by atoms with Gasteiger partial charge in [-0.25, -0.2) is 4.98 Å². The highest BCUT2D eigenvalue weighted by Gasteiger charge is 2.55. The summed E-state index contributed by atoms with van der Waals surface area (Å²) in [6, 6.07) is 0. The van der Waals surface area contributed by atoms with Crippen LogP contribution in [0, 0.1) is 11.3 Å². The van der Waals surface area contributed by atoms with Crippen LogP contribution in [0.4, 0.5) is 0 Å². The molecule has 118 valence electrons. The first-order valence-electron chi connectivity index (χ1n) is 7.66. The van der Waals surface area contributed by atoms with Crippen molar-refractivity contribution >= 4 is 23.2 Å². The molecule has 1 N–H and O–H groups in total. The van der Waals surface area contributed by atoms with E-state index in [1.807, 2.05) is 5.38 Å². The van der Waals surface area contributed by atoms with E-state index in [4.69, 9.17) is 4.74 Å². The van der Waals surface area contributed by atoms with E-state index in [1.54, 1.807) is 4.90 Å². The van der Waals surface area contributed by atoms with Crippen LogP contribution in [0.15, 0.2) is 5.38 Å². The summed E-state index contributed by atoms with van der Waals surface area (Å²) in [4.78, 5) is 30.5. The van der Waals surface area contributed by atoms with Gasteiger partial charge in [0.05, 0.1) is 17.0 Å². The molecule has 22 heavy (non-hydrogen) atoms. The van der Waals surface area contributed by atoms with Crippen LogP contribution in [0.5, 0.6) is 0 Å². The number of ether oxygens (including phenoxy) is 1. The predicted molar refractivity (Wildman–Crippen MR) is 79.0 cm³/mol. The molecule has 6 nitrogen and oxygen atoms in total. The fourth-order valence-electron chi connectivity index (χ4n) is 3.52. The number of aliphatic carboxylic acids is 1. The van der Waals surface area contributed by atoms with Gasteiger partial charge in [0, 0.05) is 36.9 Å². The Labute approximate surface area is 132 Å². The molecule has 7 heteroatoms. The van der Waals surface area contributed by atoms with Crippen molar-refractivity contribution in [2.45, 2.75) is 25.2 Å². The molecule has 0 unspecified atom stereocenters. The Balaban J connectivity index is 1.55. The lowest BCUT2D eigenvalue weighted by Gasteiger charge is -2.33. The molecular weight excluding hydrogens is 304 g/mol. The molecular formula is C15H18N2O4S. The smallest absolute Gasteiger partial charge is 0.311 e. The van der Waals surface area contributed by atoms with Gasteiger partial charge < -0.3 is 14.7 Å².